The summed E-state index contributed by atoms with van der Waals surface area (Å²) in [5.74, 6) is -0.227. The van der Waals surface area contributed by atoms with Crippen molar-refractivity contribution >= 4 is 12.0 Å². The van der Waals surface area contributed by atoms with Crippen LogP contribution in [0.4, 0.5) is 4.79 Å². The van der Waals surface area contributed by atoms with E-state index in [1.54, 1.807) is 7.11 Å². The average molecular weight is 322 g/mol. The van der Waals surface area contributed by atoms with E-state index in [2.05, 4.69) is 10.6 Å². The molecule has 0 heterocycles. The van der Waals surface area contributed by atoms with E-state index in [4.69, 9.17) is 9.47 Å². The summed E-state index contributed by atoms with van der Waals surface area (Å²) >= 11 is 0. The molecule has 0 aromatic heterocycles. The van der Waals surface area contributed by atoms with Crippen LogP contribution in [-0.2, 0) is 20.9 Å². The SMILES string of the molecule is CC[C@@H](C)[C@@H](NC(=O)OCc1ccccc1)C(=O)NCCOC. The van der Waals surface area contributed by atoms with Gasteiger partial charge >= 0.3 is 6.09 Å². The van der Waals surface area contributed by atoms with Crippen LogP contribution in [0.15, 0.2) is 30.3 Å². The summed E-state index contributed by atoms with van der Waals surface area (Å²) in [6.45, 7) is 4.89. The third kappa shape index (κ3) is 7.15. The molecule has 2 N–H and O–H groups in total. The molecule has 0 radical (unpaired) electrons. The van der Waals surface area contributed by atoms with Gasteiger partial charge in [-0.05, 0) is 11.5 Å². The second-order valence-electron chi connectivity index (χ2n) is 5.35. The standard InChI is InChI=1S/C17H26N2O4/c1-4-13(2)15(16(20)18-10-11-22-3)19-17(21)23-12-14-8-6-5-7-9-14/h5-9,13,15H,4,10-12H2,1-3H3,(H,18,20)(H,19,21)/t13-,15-/m1/s1. The zero-order valence-corrected chi connectivity index (χ0v) is 14.0. The molecule has 1 aromatic carbocycles. The van der Waals surface area contributed by atoms with Gasteiger partial charge in [-0.1, -0.05) is 50.6 Å². The maximum Gasteiger partial charge on any atom is 0.408 e. The predicted molar refractivity (Wildman–Crippen MR) is 87.9 cm³/mol. The van der Waals surface area contributed by atoms with Gasteiger partial charge in [0.15, 0.2) is 0 Å². The first-order valence-corrected chi connectivity index (χ1v) is 7.82. The second kappa shape index (κ2) is 10.6. The monoisotopic (exact) mass is 322 g/mol. The molecule has 0 bridgehead atoms. The molecule has 128 valence electrons. The smallest absolute Gasteiger partial charge is 0.408 e. The van der Waals surface area contributed by atoms with E-state index in [-0.39, 0.29) is 18.4 Å². The molecular formula is C17H26N2O4. The molecule has 23 heavy (non-hydrogen) atoms. The van der Waals surface area contributed by atoms with Crippen molar-refractivity contribution in [1.29, 1.82) is 0 Å². The van der Waals surface area contributed by atoms with Crippen molar-refractivity contribution < 1.29 is 19.1 Å². The number of methoxy groups -OCH3 is 1. The van der Waals surface area contributed by atoms with Crippen molar-refractivity contribution in [3.8, 4) is 0 Å². The highest BCUT2D eigenvalue weighted by Gasteiger charge is 2.26. The predicted octanol–water partition coefficient (Wildman–Crippen LogP) is 2.09. The molecule has 0 aliphatic rings. The second-order valence-corrected chi connectivity index (χ2v) is 5.35. The molecule has 6 nitrogen and oxygen atoms in total. The van der Waals surface area contributed by atoms with Crippen molar-refractivity contribution in [3.63, 3.8) is 0 Å². The first-order chi connectivity index (χ1) is 11.1. The number of ether oxygens (including phenoxy) is 2. The highest BCUT2D eigenvalue weighted by atomic mass is 16.5. The van der Waals surface area contributed by atoms with Crippen LogP contribution in [-0.4, -0.2) is 38.3 Å². The van der Waals surface area contributed by atoms with Crippen LogP contribution in [0, 0.1) is 5.92 Å². The molecule has 0 saturated heterocycles. The number of hydrogen-bond acceptors (Lipinski definition) is 4. The van der Waals surface area contributed by atoms with Crippen LogP contribution < -0.4 is 10.6 Å². The van der Waals surface area contributed by atoms with Gasteiger partial charge in [0.05, 0.1) is 6.61 Å². The molecule has 0 unspecified atom stereocenters. The normalized spacial score (nSPS) is 13.0. The molecule has 0 aliphatic heterocycles. The zero-order chi connectivity index (χ0) is 17.1. The fourth-order valence-corrected chi connectivity index (χ4v) is 1.98. The molecule has 1 rings (SSSR count). The number of benzene rings is 1. The fourth-order valence-electron chi connectivity index (χ4n) is 1.98. The zero-order valence-electron chi connectivity index (χ0n) is 14.0. The minimum atomic E-state index is -0.625. The molecule has 2 atom stereocenters. The van der Waals surface area contributed by atoms with Crippen LogP contribution in [0.5, 0.6) is 0 Å². The van der Waals surface area contributed by atoms with Gasteiger partial charge in [0.1, 0.15) is 12.6 Å². The molecule has 1 aromatic rings. The third-order valence-electron chi connectivity index (χ3n) is 3.59. The Kier molecular flexibility index (Phi) is 8.75. The van der Waals surface area contributed by atoms with Crippen molar-refractivity contribution in [2.24, 2.45) is 5.92 Å². The van der Waals surface area contributed by atoms with E-state index in [1.807, 2.05) is 44.2 Å². The van der Waals surface area contributed by atoms with Crippen LogP contribution in [0.1, 0.15) is 25.8 Å². The lowest BCUT2D eigenvalue weighted by Crippen LogP contribution is -2.50. The number of rotatable bonds is 9. The Morgan fingerprint density at radius 1 is 1.22 bits per heavy atom. The van der Waals surface area contributed by atoms with Gasteiger partial charge in [0, 0.05) is 13.7 Å². The first kappa shape index (κ1) is 19.0. The fraction of sp³-hybridized carbons (Fsp3) is 0.529. The lowest BCUT2D eigenvalue weighted by atomic mass is 9.98. The van der Waals surface area contributed by atoms with Gasteiger partial charge < -0.3 is 20.1 Å². The van der Waals surface area contributed by atoms with Crippen LogP contribution in [0.2, 0.25) is 0 Å². The number of alkyl carbamates (subject to hydrolysis) is 1. The van der Waals surface area contributed by atoms with E-state index in [9.17, 15) is 9.59 Å². The molecule has 0 saturated carbocycles. The number of nitrogens with one attached hydrogen (secondary N) is 2. The van der Waals surface area contributed by atoms with E-state index >= 15 is 0 Å². The Hall–Kier alpha value is -2.08. The summed E-state index contributed by atoms with van der Waals surface area (Å²) in [6, 6.07) is 8.77. The van der Waals surface area contributed by atoms with Gasteiger partial charge in [0.2, 0.25) is 5.91 Å². The Bertz CT molecular complexity index is 479. The molecule has 0 fully saturated rings. The van der Waals surface area contributed by atoms with E-state index in [0.717, 1.165) is 12.0 Å². The maximum absolute atomic E-state index is 12.2. The van der Waals surface area contributed by atoms with Gasteiger partial charge in [-0.25, -0.2) is 4.79 Å². The number of carbonyl (C=O) groups is 2. The lowest BCUT2D eigenvalue weighted by Gasteiger charge is -2.23. The summed E-state index contributed by atoms with van der Waals surface area (Å²) in [4.78, 5) is 24.1. The van der Waals surface area contributed by atoms with Gasteiger partial charge in [0.25, 0.3) is 0 Å². The molecule has 6 heteroatoms. The van der Waals surface area contributed by atoms with E-state index in [0.29, 0.717) is 13.2 Å². The molecule has 2 amide bonds. The maximum atomic E-state index is 12.2. The first-order valence-electron chi connectivity index (χ1n) is 7.82. The highest BCUT2D eigenvalue weighted by molar-refractivity contribution is 5.85. The van der Waals surface area contributed by atoms with Crippen molar-refractivity contribution in [2.75, 3.05) is 20.3 Å². The molecule has 0 aliphatic carbocycles. The minimum absolute atomic E-state index is 0.00169. The van der Waals surface area contributed by atoms with Gasteiger partial charge in [-0.15, -0.1) is 0 Å². The van der Waals surface area contributed by atoms with Crippen LogP contribution >= 0.6 is 0 Å². The topological polar surface area (TPSA) is 76.7 Å². The summed E-state index contributed by atoms with van der Waals surface area (Å²) in [6.07, 6.45) is 0.169. The third-order valence-corrected chi connectivity index (χ3v) is 3.59. The largest absolute Gasteiger partial charge is 0.445 e. The summed E-state index contributed by atoms with van der Waals surface area (Å²) < 4.78 is 10.1. The Morgan fingerprint density at radius 2 is 1.91 bits per heavy atom. The van der Waals surface area contributed by atoms with E-state index < -0.39 is 12.1 Å². The van der Waals surface area contributed by atoms with Gasteiger partial charge in [-0.3, -0.25) is 4.79 Å². The molecular weight excluding hydrogens is 296 g/mol. The Morgan fingerprint density at radius 3 is 2.52 bits per heavy atom. The number of carbonyl (C=O) groups excluding carboxylic acids is 2. The summed E-state index contributed by atoms with van der Waals surface area (Å²) in [7, 11) is 1.57. The summed E-state index contributed by atoms with van der Waals surface area (Å²) in [5, 5.41) is 5.39. The number of hydrogen-bond donors (Lipinski definition) is 2. The van der Waals surface area contributed by atoms with Gasteiger partial charge in [-0.2, -0.15) is 0 Å². The van der Waals surface area contributed by atoms with Crippen LogP contribution in [0.25, 0.3) is 0 Å². The summed E-state index contributed by atoms with van der Waals surface area (Å²) in [5.41, 5.74) is 0.896. The van der Waals surface area contributed by atoms with Crippen molar-refractivity contribution in [2.45, 2.75) is 32.9 Å². The van der Waals surface area contributed by atoms with E-state index in [1.165, 1.54) is 0 Å². The lowest BCUT2D eigenvalue weighted by molar-refractivity contribution is -0.124. The quantitative estimate of drug-likeness (QED) is 0.683. The van der Waals surface area contributed by atoms with Crippen LogP contribution in [0.3, 0.4) is 0 Å². The molecule has 0 spiro atoms. The Labute approximate surface area is 137 Å². The number of amides is 2. The average Bonchev–Trinajstić information content (AvgIpc) is 2.58. The van der Waals surface area contributed by atoms with Crippen molar-refractivity contribution in [3.05, 3.63) is 35.9 Å². The highest BCUT2D eigenvalue weighted by Crippen LogP contribution is 2.09. The van der Waals surface area contributed by atoms with Crippen molar-refractivity contribution in [1.82, 2.24) is 10.6 Å². The Balaban J connectivity index is 2.51. The minimum Gasteiger partial charge on any atom is -0.445 e.